The molecule has 0 saturated carbocycles. The molecule has 1 amide bonds. The Labute approximate surface area is 112 Å². The molecule has 0 rings (SSSR count). The van der Waals surface area contributed by atoms with Gasteiger partial charge in [0.25, 0.3) is 0 Å². The molecule has 0 aromatic carbocycles. The molecule has 0 heterocycles. The van der Waals surface area contributed by atoms with Gasteiger partial charge in [0, 0.05) is 6.54 Å². The van der Waals surface area contributed by atoms with Crippen LogP contribution in [-0.4, -0.2) is 31.3 Å². The first-order valence-electron chi connectivity index (χ1n) is 6.04. The minimum absolute atomic E-state index is 0.0585. The molecule has 0 aliphatic heterocycles. The predicted molar refractivity (Wildman–Crippen MR) is 60.7 cm³/mol. The molecule has 0 fully saturated rings. The van der Waals surface area contributed by atoms with Crippen molar-refractivity contribution in [1.82, 2.24) is 5.32 Å². The number of carbonyl (C=O) groups excluding carboxylic acids is 1. The summed E-state index contributed by atoms with van der Waals surface area (Å²) in [7, 11) is 0. The van der Waals surface area contributed by atoms with Gasteiger partial charge in [-0.2, -0.15) is 26.3 Å². The van der Waals surface area contributed by atoms with E-state index in [0.29, 0.717) is 12.8 Å². The van der Waals surface area contributed by atoms with E-state index in [9.17, 15) is 31.1 Å². The molecule has 0 atom stereocenters. The molecule has 3 nitrogen and oxygen atoms in total. The van der Waals surface area contributed by atoms with Gasteiger partial charge in [-0.15, -0.1) is 0 Å². The van der Waals surface area contributed by atoms with E-state index < -0.39 is 29.6 Å². The molecular weight excluding hydrogens is 290 g/mol. The molecule has 0 aromatic rings. The van der Waals surface area contributed by atoms with E-state index in [4.69, 9.17) is 5.73 Å². The summed E-state index contributed by atoms with van der Waals surface area (Å²) in [6, 6.07) is 0. The maximum absolute atomic E-state index is 12.3. The normalized spacial score (nSPS) is 13.7. The van der Waals surface area contributed by atoms with Crippen molar-refractivity contribution in [3.63, 3.8) is 0 Å². The molecule has 0 unspecified atom stereocenters. The van der Waals surface area contributed by atoms with E-state index in [-0.39, 0.29) is 13.1 Å². The van der Waals surface area contributed by atoms with Crippen molar-refractivity contribution < 1.29 is 31.1 Å². The lowest BCUT2D eigenvalue weighted by Gasteiger charge is -2.31. The Balaban J connectivity index is 4.97. The lowest BCUT2D eigenvalue weighted by Crippen LogP contribution is -2.51. The van der Waals surface area contributed by atoms with Gasteiger partial charge in [0.2, 0.25) is 11.8 Å². The number of rotatable bonds is 6. The van der Waals surface area contributed by atoms with Gasteiger partial charge in [-0.25, -0.2) is 0 Å². The number of hydrogen-bond acceptors (Lipinski definition) is 2. The highest BCUT2D eigenvalue weighted by atomic mass is 19.4. The van der Waals surface area contributed by atoms with Crippen LogP contribution in [0.4, 0.5) is 26.3 Å². The van der Waals surface area contributed by atoms with Gasteiger partial charge in [0.05, 0.1) is 0 Å². The Morgan fingerprint density at radius 1 is 1.05 bits per heavy atom. The summed E-state index contributed by atoms with van der Waals surface area (Å²) in [6.07, 6.45) is -10.5. The molecule has 0 saturated heterocycles. The lowest BCUT2D eigenvalue weighted by atomic mass is 9.82. The van der Waals surface area contributed by atoms with Gasteiger partial charge in [-0.3, -0.25) is 4.79 Å². The fourth-order valence-corrected chi connectivity index (χ4v) is 1.72. The third-order valence-corrected chi connectivity index (χ3v) is 3.49. The topological polar surface area (TPSA) is 55.1 Å². The zero-order chi connectivity index (χ0) is 16.2. The van der Waals surface area contributed by atoms with E-state index in [1.54, 1.807) is 19.2 Å². The first-order chi connectivity index (χ1) is 8.93. The number of nitrogens with one attached hydrogen (secondary N) is 1. The molecule has 0 bridgehead atoms. The molecule has 120 valence electrons. The van der Waals surface area contributed by atoms with Crippen LogP contribution >= 0.6 is 0 Å². The van der Waals surface area contributed by atoms with E-state index >= 15 is 0 Å². The maximum Gasteiger partial charge on any atom is 0.409 e. The van der Waals surface area contributed by atoms with Crippen molar-refractivity contribution in [2.24, 2.45) is 17.1 Å². The molecule has 9 heteroatoms. The van der Waals surface area contributed by atoms with Crippen molar-refractivity contribution >= 4 is 5.91 Å². The van der Waals surface area contributed by atoms with E-state index in [1.807, 2.05) is 0 Å². The predicted octanol–water partition coefficient (Wildman–Crippen LogP) is 2.61. The molecule has 0 aromatic heterocycles. The van der Waals surface area contributed by atoms with Gasteiger partial charge in [-0.05, 0) is 24.8 Å². The molecule has 0 radical (unpaired) electrons. The maximum atomic E-state index is 12.3. The number of halogens is 6. The number of nitrogens with two attached hydrogens (primary N) is 1. The van der Waals surface area contributed by atoms with Crippen LogP contribution in [-0.2, 0) is 4.79 Å². The van der Waals surface area contributed by atoms with Crippen LogP contribution in [0.2, 0.25) is 0 Å². The van der Waals surface area contributed by atoms with Crippen LogP contribution in [0.25, 0.3) is 0 Å². The van der Waals surface area contributed by atoms with Crippen molar-refractivity contribution in [1.29, 1.82) is 0 Å². The highest BCUT2D eigenvalue weighted by molar-refractivity contribution is 5.80. The average Bonchev–Trinajstić information content (AvgIpc) is 2.27. The monoisotopic (exact) mass is 308 g/mol. The SMILES string of the molecule is CCC(CC)(CN)CNC(=O)C(C(F)(F)F)C(F)(F)F. The van der Waals surface area contributed by atoms with Crippen molar-refractivity contribution in [3.05, 3.63) is 0 Å². The van der Waals surface area contributed by atoms with Crippen LogP contribution in [0.1, 0.15) is 26.7 Å². The summed E-state index contributed by atoms with van der Waals surface area (Å²) >= 11 is 0. The van der Waals surface area contributed by atoms with E-state index in [2.05, 4.69) is 0 Å². The largest absolute Gasteiger partial charge is 0.409 e. The molecule has 3 N–H and O–H groups in total. The molecule has 0 spiro atoms. The van der Waals surface area contributed by atoms with Crippen LogP contribution in [0.15, 0.2) is 0 Å². The van der Waals surface area contributed by atoms with Crippen molar-refractivity contribution in [3.8, 4) is 0 Å². The third-order valence-electron chi connectivity index (χ3n) is 3.49. The Kier molecular flexibility index (Phi) is 6.31. The molecule has 0 aliphatic carbocycles. The first-order valence-corrected chi connectivity index (χ1v) is 6.04. The van der Waals surface area contributed by atoms with Crippen LogP contribution in [0, 0.1) is 11.3 Å². The second-order valence-corrected chi connectivity index (χ2v) is 4.65. The minimum Gasteiger partial charge on any atom is -0.355 e. The summed E-state index contributed by atoms with van der Waals surface area (Å²) in [6.45, 7) is 3.14. The molecular formula is C11H18F6N2O. The minimum atomic E-state index is -5.67. The van der Waals surface area contributed by atoms with Crippen molar-refractivity contribution in [2.45, 2.75) is 39.0 Å². The molecule has 0 aliphatic rings. The summed E-state index contributed by atoms with van der Waals surface area (Å²) < 4.78 is 74.0. The number of amides is 1. The fourth-order valence-electron chi connectivity index (χ4n) is 1.72. The van der Waals surface area contributed by atoms with Crippen LogP contribution in [0.3, 0.4) is 0 Å². The smallest absolute Gasteiger partial charge is 0.355 e. The van der Waals surface area contributed by atoms with Gasteiger partial charge in [0.15, 0.2) is 0 Å². The zero-order valence-corrected chi connectivity index (χ0v) is 11.2. The van der Waals surface area contributed by atoms with Gasteiger partial charge in [-0.1, -0.05) is 13.8 Å². The standard InChI is InChI=1S/C11H18F6N2O/c1-3-9(4-2,5-18)6-19-8(20)7(10(12,13)14)11(15,16)17/h7H,3-6,18H2,1-2H3,(H,19,20). The average molecular weight is 308 g/mol. The van der Waals surface area contributed by atoms with E-state index in [1.165, 1.54) is 0 Å². The number of carbonyl (C=O) groups is 1. The quantitative estimate of drug-likeness (QED) is 0.741. The van der Waals surface area contributed by atoms with Crippen LogP contribution < -0.4 is 11.1 Å². The van der Waals surface area contributed by atoms with Crippen LogP contribution in [0.5, 0.6) is 0 Å². The van der Waals surface area contributed by atoms with E-state index in [0.717, 1.165) is 0 Å². The van der Waals surface area contributed by atoms with Gasteiger partial charge >= 0.3 is 12.4 Å². The number of alkyl halides is 6. The van der Waals surface area contributed by atoms with Gasteiger partial charge in [0.1, 0.15) is 0 Å². The second kappa shape index (κ2) is 6.64. The van der Waals surface area contributed by atoms with Crippen molar-refractivity contribution in [2.75, 3.05) is 13.1 Å². The Morgan fingerprint density at radius 2 is 1.45 bits per heavy atom. The highest BCUT2D eigenvalue weighted by Crippen LogP contribution is 2.39. The fraction of sp³-hybridized carbons (Fsp3) is 0.909. The Morgan fingerprint density at radius 3 is 1.70 bits per heavy atom. The summed E-state index contributed by atoms with van der Waals surface area (Å²) in [5.41, 5.74) is 4.77. The highest BCUT2D eigenvalue weighted by Gasteiger charge is 2.61. The lowest BCUT2D eigenvalue weighted by molar-refractivity contribution is -0.274. The third kappa shape index (κ3) is 4.84. The number of hydrogen-bond donors (Lipinski definition) is 2. The summed E-state index contributed by atoms with van der Waals surface area (Å²) in [4.78, 5) is 11.2. The first kappa shape index (κ1) is 19.0. The zero-order valence-electron chi connectivity index (χ0n) is 11.2. The Bertz CT molecular complexity index is 300. The summed E-state index contributed by atoms with van der Waals surface area (Å²) in [5, 5.41) is 1.73. The van der Waals surface area contributed by atoms with Gasteiger partial charge < -0.3 is 11.1 Å². The Hall–Kier alpha value is -0.990. The second-order valence-electron chi connectivity index (χ2n) is 4.65. The molecule has 20 heavy (non-hydrogen) atoms. The summed E-state index contributed by atoms with van der Waals surface area (Å²) in [5.74, 6) is -6.11.